The molecular formula is C20H17N3O4. The maximum atomic E-state index is 12.5. The van der Waals surface area contributed by atoms with Gasteiger partial charge in [-0.25, -0.2) is 14.8 Å². The lowest BCUT2D eigenvalue weighted by molar-refractivity contribution is 0.0427. The zero-order valence-electron chi connectivity index (χ0n) is 14.9. The van der Waals surface area contributed by atoms with Crippen molar-refractivity contribution in [3.05, 3.63) is 59.6 Å². The van der Waals surface area contributed by atoms with Crippen LogP contribution in [0.4, 0.5) is 5.82 Å². The van der Waals surface area contributed by atoms with Gasteiger partial charge in [-0.15, -0.1) is 0 Å². The van der Waals surface area contributed by atoms with E-state index in [-0.39, 0.29) is 12.4 Å². The second-order valence-electron chi connectivity index (χ2n) is 6.04. The van der Waals surface area contributed by atoms with Crippen molar-refractivity contribution in [3.63, 3.8) is 0 Å². The van der Waals surface area contributed by atoms with E-state index in [2.05, 4.69) is 9.97 Å². The third-order valence-corrected chi connectivity index (χ3v) is 4.34. The van der Waals surface area contributed by atoms with Crippen molar-refractivity contribution in [2.24, 2.45) is 0 Å². The van der Waals surface area contributed by atoms with Crippen LogP contribution in [0.2, 0.25) is 0 Å². The first-order valence-corrected chi connectivity index (χ1v) is 8.32. The van der Waals surface area contributed by atoms with Gasteiger partial charge in [-0.1, -0.05) is 12.1 Å². The second-order valence-corrected chi connectivity index (χ2v) is 6.04. The number of fused-ring (bicyclic) bond motifs is 2. The quantitative estimate of drug-likeness (QED) is 0.553. The largest absolute Gasteiger partial charge is 0.497 e. The molecule has 0 aliphatic rings. The molecule has 0 aliphatic carbocycles. The Morgan fingerprint density at radius 2 is 1.96 bits per heavy atom. The number of nitrogens with two attached hydrogens (primary N) is 1. The van der Waals surface area contributed by atoms with Crippen LogP contribution in [0.15, 0.2) is 46.9 Å². The number of aromatic nitrogens is 2. The summed E-state index contributed by atoms with van der Waals surface area (Å²) < 4.78 is 16.2. The van der Waals surface area contributed by atoms with Crippen LogP contribution >= 0.6 is 0 Å². The second kappa shape index (κ2) is 6.60. The molecule has 7 nitrogen and oxygen atoms in total. The highest BCUT2D eigenvalue weighted by Gasteiger charge is 2.20. The molecule has 27 heavy (non-hydrogen) atoms. The molecule has 2 heterocycles. The lowest BCUT2D eigenvalue weighted by atomic mass is 10.1. The zero-order valence-corrected chi connectivity index (χ0v) is 14.9. The number of aryl methyl sites for hydroxylation is 1. The summed E-state index contributed by atoms with van der Waals surface area (Å²) in [5, 5.41) is 1.56. The van der Waals surface area contributed by atoms with Crippen LogP contribution in [0.25, 0.3) is 21.9 Å². The Morgan fingerprint density at radius 3 is 2.78 bits per heavy atom. The first kappa shape index (κ1) is 16.8. The number of furan rings is 1. The zero-order chi connectivity index (χ0) is 19.0. The maximum absolute atomic E-state index is 12.5. The van der Waals surface area contributed by atoms with Gasteiger partial charge in [0.1, 0.15) is 17.2 Å². The fraction of sp³-hybridized carbons (Fsp3) is 0.150. The number of ether oxygens (including phenoxy) is 2. The third kappa shape index (κ3) is 3.03. The van der Waals surface area contributed by atoms with Gasteiger partial charge < -0.3 is 19.6 Å². The van der Waals surface area contributed by atoms with Gasteiger partial charge in [0.15, 0.2) is 12.4 Å². The number of anilines is 1. The van der Waals surface area contributed by atoms with Crippen molar-refractivity contribution in [1.82, 2.24) is 9.97 Å². The van der Waals surface area contributed by atoms with Gasteiger partial charge in [-0.2, -0.15) is 0 Å². The molecule has 0 saturated carbocycles. The molecule has 4 aromatic rings. The van der Waals surface area contributed by atoms with Crippen molar-refractivity contribution < 1.29 is 18.7 Å². The van der Waals surface area contributed by atoms with Crippen molar-refractivity contribution in [3.8, 4) is 5.75 Å². The van der Waals surface area contributed by atoms with Gasteiger partial charge in [0.25, 0.3) is 0 Å². The normalized spacial score (nSPS) is 11.0. The molecule has 0 fully saturated rings. The van der Waals surface area contributed by atoms with Crippen molar-refractivity contribution in [2.45, 2.75) is 13.5 Å². The molecule has 0 unspecified atom stereocenters. The van der Waals surface area contributed by atoms with Crippen LogP contribution in [0.3, 0.4) is 0 Å². The highest BCUT2D eigenvalue weighted by atomic mass is 16.5. The number of carbonyl (C=O) groups is 1. The van der Waals surface area contributed by atoms with E-state index in [0.29, 0.717) is 34.1 Å². The average Bonchev–Trinajstić information content (AvgIpc) is 3.02. The third-order valence-electron chi connectivity index (χ3n) is 4.34. The molecule has 7 heteroatoms. The van der Waals surface area contributed by atoms with Gasteiger partial charge in [-0.05, 0) is 37.3 Å². The molecule has 2 aromatic carbocycles. The Morgan fingerprint density at radius 1 is 1.15 bits per heavy atom. The summed E-state index contributed by atoms with van der Waals surface area (Å²) in [5.74, 6) is 0.921. The first-order chi connectivity index (χ1) is 13.1. The van der Waals surface area contributed by atoms with Crippen molar-refractivity contribution in [1.29, 1.82) is 0 Å². The molecule has 0 spiro atoms. The molecular weight excluding hydrogens is 346 g/mol. The van der Waals surface area contributed by atoms with E-state index < -0.39 is 5.97 Å². The number of para-hydroxylation sites is 1. The summed E-state index contributed by atoms with van der Waals surface area (Å²) in [4.78, 5) is 21.0. The fourth-order valence-electron chi connectivity index (χ4n) is 2.93. The smallest absolute Gasteiger partial charge is 0.375 e. The fourth-order valence-corrected chi connectivity index (χ4v) is 2.93. The number of hydrogen-bond donors (Lipinski definition) is 1. The van der Waals surface area contributed by atoms with E-state index in [0.717, 1.165) is 10.8 Å². The average molecular weight is 363 g/mol. The Labute approximate surface area is 154 Å². The standard InChI is InChI=1S/C20H17N3O4/c1-11-14-9-12(25-2)7-8-16(14)27-18(11)20(24)26-10-17-22-15-6-4-3-5-13(15)19(21)23-17/h3-9H,10H2,1-2H3,(H2,21,22,23). The number of nitrogens with zero attached hydrogens (tertiary/aromatic N) is 2. The van der Waals surface area contributed by atoms with E-state index in [4.69, 9.17) is 19.6 Å². The van der Waals surface area contributed by atoms with Crippen LogP contribution in [0.1, 0.15) is 21.9 Å². The SMILES string of the molecule is COc1ccc2oc(C(=O)OCc3nc(N)c4ccccc4n3)c(C)c2c1. The van der Waals surface area contributed by atoms with Gasteiger partial charge in [-0.3, -0.25) is 0 Å². The van der Waals surface area contributed by atoms with Gasteiger partial charge in [0.05, 0.1) is 12.6 Å². The minimum atomic E-state index is -0.585. The van der Waals surface area contributed by atoms with E-state index >= 15 is 0 Å². The number of benzene rings is 2. The summed E-state index contributed by atoms with van der Waals surface area (Å²) in [7, 11) is 1.58. The van der Waals surface area contributed by atoms with Gasteiger partial charge >= 0.3 is 5.97 Å². The number of hydrogen-bond acceptors (Lipinski definition) is 7. The molecule has 0 aliphatic heterocycles. The monoisotopic (exact) mass is 363 g/mol. The van der Waals surface area contributed by atoms with Gasteiger partial charge in [0.2, 0.25) is 5.76 Å². The topological polar surface area (TPSA) is 100 Å². The molecule has 0 bridgehead atoms. The lowest BCUT2D eigenvalue weighted by Gasteiger charge is -2.06. The Kier molecular flexibility index (Phi) is 4.12. The molecule has 136 valence electrons. The Hall–Kier alpha value is -3.61. The molecule has 0 atom stereocenters. The van der Waals surface area contributed by atoms with E-state index in [1.54, 1.807) is 26.2 Å². The highest BCUT2D eigenvalue weighted by Crippen LogP contribution is 2.29. The predicted octanol–water partition coefficient (Wildman–Crippen LogP) is 3.63. The number of nitrogen functional groups attached to an aromatic ring is 1. The molecule has 0 amide bonds. The maximum Gasteiger partial charge on any atom is 0.375 e. The van der Waals surface area contributed by atoms with Crippen LogP contribution < -0.4 is 10.5 Å². The number of methoxy groups -OCH3 is 1. The number of rotatable bonds is 4. The minimum absolute atomic E-state index is 0.103. The van der Waals surface area contributed by atoms with Crippen LogP contribution in [0, 0.1) is 6.92 Å². The summed E-state index contributed by atoms with van der Waals surface area (Å²) >= 11 is 0. The molecule has 2 N–H and O–H groups in total. The molecule has 0 saturated heterocycles. The van der Waals surface area contributed by atoms with Crippen LogP contribution in [-0.2, 0) is 11.3 Å². The predicted molar refractivity (Wildman–Crippen MR) is 101 cm³/mol. The first-order valence-electron chi connectivity index (χ1n) is 8.32. The Bertz CT molecular complexity index is 1170. The summed E-state index contributed by atoms with van der Waals surface area (Å²) in [5.41, 5.74) is 7.93. The molecule has 2 aromatic heterocycles. The lowest BCUT2D eigenvalue weighted by Crippen LogP contribution is -2.09. The van der Waals surface area contributed by atoms with E-state index in [1.807, 2.05) is 30.3 Å². The molecule has 0 radical (unpaired) electrons. The minimum Gasteiger partial charge on any atom is -0.497 e. The Balaban J connectivity index is 1.58. The van der Waals surface area contributed by atoms with Gasteiger partial charge in [0, 0.05) is 16.3 Å². The highest BCUT2D eigenvalue weighted by molar-refractivity contribution is 5.96. The number of esters is 1. The van der Waals surface area contributed by atoms with Crippen molar-refractivity contribution >= 4 is 33.7 Å². The van der Waals surface area contributed by atoms with E-state index in [9.17, 15) is 4.79 Å². The summed E-state index contributed by atoms with van der Waals surface area (Å²) in [6.45, 7) is 1.69. The van der Waals surface area contributed by atoms with E-state index in [1.165, 1.54) is 0 Å². The number of carbonyl (C=O) groups excluding carboxylic acids is 1. The molecule has 4 rings (SSSR count). The summed E-state index contributed by atoms with van der Waals surface area (Å²) in [6.07, 6.45) is 0. The summed E-state index contributed by atoms with van der Waals surface area (Å²) in [6, 6.07) is 12.7. The van der Waals surface area contributed by atoms with Crippen LogP contribution in [0.5, 0.6) is 5.75 Å². The van der Waals surface area contributed by atoms with Crippen LogP contribution in [-0.4, -0.2) is 23.0 Å². The van der Waals surface area contributed by atoms with Crippen molar-refractivity contribution in [2.75, 3.05) is 12.8 Å².